The number of hydrogen-bond donors (Lipinski definition) is 0. The minimum atomic E-state index is 0. The summed E-state index contributed by atoms with van der Waals surface area (Å²) in [6, 6.07) is 87.1. The number of benzene rings is 8. The zero-order chi connectivity index (χ0) is 45.2. The molecule has 0 saturated heterocycles. The molecule has 0 atom stereocenters. The van der Waals surface area contributed by atoms with Crippen molar-refractivity contribution < 1.29 is 76.5 Å². The summed E-state index contributed by atoms with van der Waals surface area (Å²) in [5.74, 6) is 0.933. The fourth-order valence-electron chi connectivity index (χ4n) is 6.56. The van der Waals surface area contributed by atoms with Crippen molar-refractivity contribution in [3.05, 3.63) is 277 Å². The van der Waals surface area contributed by atoms with Gasteiger partial charge in [-0.2, -0.15) is 35.0 Å². The normalized spacial score (nSPS) is 9.50. The van der Waals surface area contributed by atoms with Gasteiger partial charge in [-0.25, -0.2) is 0 Å². The quantitative estimate of drug-likeness (QED) is 0.118. The van der Waals surface area contributed by atoms with E-state index in [4.69, 9.17) is 11.5 Å². The summed E-state index contributed by atoms with van der Waals surface area (Å²) in [4.78, 5) is 0. The maximum atomic E-state index is 7.50. The van der Waals surface area contributed by atoms with Crippen LogP contribution in [0, 0.1) is 0 Å². The Morgan fingerprint density at radius 3 is 0.824 bits per heavy atom. The van der Waals surface area contributed by atoms with Crippen molar-refractivity contribution >= 4 is 72.7 Å². The third-order valence-electron chi connectivity index (χ3n) is 9.93. The predicted octanol–water partition coefficient (Wildman–Crippen LogP) is 8.79. The molecule has 0 bridgehead atoms. The Morgan fingerprint density at radius 2 is 0.574 bits per heavy atom. The molecule has 0 heterocycles. The summed E-state index contributed by atoms with van der Waals surface area (Å²) in [5.41, 5.74) is 18.6. The number of halogens is 2. The van der Waals surface area contributed by atoms with Gasteiger partial charge in [0.15, 0.2) is 0 Å². The van der Waals surface area contributed by atoms with Crippen LogP contribution in [0.5, 0.6) is 0 Å². The molecule has 2 N–H and O–H groups in total. The van der Waals surface area contributed by atoms with Gasteiger partial charge in [0.1, 0.15) is 19.0 Å². The van der Waals surface area contributed by atoms with Crippen LogP contribution >= 0.6 is 0 Å². The Balaban J connectivity index is 0.000000406. The van der Waals surface area contributed by atoms with Gasteiger partial charge >= 0.3 is 0 Å². The van der Waals surface area contributed by atoms with E-state index in [-0.39, 0.29) is 76.5 Å². The number of rotatable bonds is 6. The van der Waals surface area contributed by atoms with Gasteiger partial charge < -0.3 is 36.3 Å². The molecule has 0 unspecified atom stereocenters. The van der Waals surface area contributed by atoms with Gasteiger partial charge in [0, 0.05) is 51.7 Å². The van der Waals surface area contributed by atoms with Gasteiger partial charge in [-0.1, -0.05) is 242 Å². The molecular weight excluding hydrogens is 1230 g/mol. The molecule has 68 heavy (non-hydrogen) atoms. The first-order chi connectivity index (χ1) is 31.3. The molecular formula is C60H58Cl2Hf2N2Si2-6. The van der Waals surface area contributed by atoms with Gasteiger partial charge in [-0.3, -0.25) is 0 Å². The van der Waals surface area contributed by atoms with Crippen LogP contribution in [-0.2, 0) is 51.7 Å². The van der Waals surface area contributed by atoms with E-state index in [0.29, 0.717) is 23.2 Å². The molecule has 0 amide bonds. The van der Waals surface area contributed by atoms with E-state index >= 15 is 0 Å². The Hall–Kier alpha value is -4.67. The second-order valence-corrected chi connectivity index (χ2v) is 18.3. The van der Waals surface area contributed by atoms with E-state index in [0.717, 1.165) is 30.2 Å². The predicted molar refractivity (Wildman–Crippen MR) is 284 cm³/mol. The molecule has 8 heteroatoms. The first-order valence-electron chi connectivity index (χ1n) is 21.8. The van der Waals surface area contributed by atoms with Crippen LogP contribution in [0.25, 0.3) is 33.0 Å². The van der Waals surface area contributed by atoms with Crippen LogP contribution in [0.1, 0.15) is 50.7 Å². The summed E-state index contributed by atoms with van der Waals surface area (Å²) in [5, 5.41) is 10.9. The summed E-state index contributed by atoms with van der Waals surface area (Å²) >= 11 is 0. The molecule has 0 aliphatic heterocycles. The molecule has 0 aliphatic carbocycles. The van der Waals surface area contributed by atoms with Crippen LogP contribution in [0.2, 0.25) is 0 Å². The molecule has 10 aromatic carbocycles. The molecule has 0 aliphatic rings. The van der Waals surface area contributed by atoms with E-state index in [2.05, 4.69) is 234 Å². The third-order valence-corrected chi connectivity index (χ3v) is 12.4. The molecule has 10 aromatic rings. The molecule has 4 radical (unpaired) electrons. The smallest absolute Gasteiger partial charge is 0.121 e. The fraction of sp³-hybridized carbons (Fsp3) is 0.100. The van der Waals surface area contributed by atoms with Crippen molar-refractivity contribution in [2.24, 2.45) is 0 Å². The van der Waals surface area contributed by atoms with E-state index in [1.54, 1.807) is 0 Å². The van der Waals surface area contributed by atoms with Crippen LogP contribution in [0.3, 0.4) is 0 Å². The third kappa shape index (κ3) is 22.6. The van der Waals surface area contributed by atoms with Crippen molar-refractivity contribution in [2.75, 3.05) is 0 Å². The summed E-state index contributed by atoms with van der Waals surface area (Å²) in [6.07, 6.45) is 0. The second kappa shape index (κ2) is 35.4. The standard InChI is InChI=1S/2C12H10Si.2C9H12N.2C9H7.2ClH.2Hf/c2*1-3-7-11(8-4-1)13-12-9-5-2-6-10-12;2*1-7(2)8-5-3-4-6-9(8)10;2*1-2-5-9-7-3-6-8(9)4-1;;;;/h2*1-10H;2*3-7,10H,1-2H3;2*1-7H;2*1H;;/q;;4*-1;;;;/p-2. The van der Waals surface area contributed by atoms with Crippen molar-refractivity contribution in [1.29, 1.82) is 0 Å². The van der Waals surface area contributed by atoms with Gasteiger partial charge in [0.05, 0.1) is 0 Å². The fourth-order valence-corrected chi connectivity index (χ4v) is 8.66. The zero-order valence-electron chi connectivity index (χ0n) is 39.2. The van der Waals surface area contributed by atoms with Gasteiger partial charge in [-0.05, 0) is 11.8 Å². The van der Waals surface area contributed by atoms with Crippen molar-refractivity contribution in [1.82, 2.24) is 0 Å². The topological polar surface area (TPSA) is 47.6 Å². The average Bonchev–Trinajstić information content (AvgIpc) is 4.02. The van der Waals surface area contributed by atoms with Crippen molar-refractivity contribution in [3.8, 4) is 0 Å². The van der Waals surface area contributed by atoms with Gasteiger partial charge in [0.25, 0.3) is 0 Å². The molecule has 0 spiro atoms. The van der Waals surface area contributed by atoms with Crippen molar-refractivity contribution in [2.45, 2.75) is 39.5 Å². The molecule has 0 fully saturated rings. The van der Waals surface area contributed by atoms with E-state index in [1.165, 1.54) is 42.3 Å². The molecule has 0 saturated carbocycles. The summed E-state index contributed by atoms with van der Waals surface area (Å²) in [6.45, 7) is 8.42. The molecule has 2 nitrogen and oxygen atoms in total. The van der Waals surface area contributed by atoms with Crippen LogP contribution in [0.15, 0.2) is 255 Å². The largest absolute Gasteiger partial charge is 1.00 e. The number of hydrogen-bond acceptors (Lipinski definition) is 0. The zero-order valence-corrected chi connectivity index (χ0v) is 49.9. The maximum Gasteiger partial charge on any atom is 0.121 e. The minimum Gasteiger partial charge on any atom is -1.00 e. The number of nitrogens with one attached hydrogen (secondary N) is 2. The molecule has 344 valence electrons. The first-order valence-corrected chi connectivity index (χ1v) is 23.8. The Kier molecular flexibility index (Phi) is 32.0. The summed E-state index contributed by atoms with van der Waals surface area (Å²) < 4.78 is 0. The van der Waals surface area contributed by atoms with E-state index < -0.39 is 0 Å². The first kappa shape index (κ1) is 61.3. The van der Waals surface area contributed by atoms with E-state index in [1.807, 2.05) is 48.5 Å². The maximum absolute atomic E-state index is 7.50. The SMILES string of the molecule is CC(C)c1ccccc1[NH-].CC(C)c1ccccc1[NH-].[Cl-].[Cl-].[Hf].[Hf].c1ccc([Si]c2ccccc2)cc1.c1ccc([Si]c2ccccc2)cc1.c1ccc2[cH-]ccc2c1.c1ccc2[cH-]ccc2c1. The van der Waals surface area contributed by atoms with Crippen LogP contribution in [0.4, 0.5) is 11.4 Å². The molecule has 10 rings (SSSR count). The molecule has 0 aromatic heterocycles. The average molecular weight is 1290 g/mol. The Morgan fingerprint density at radius 1 is 0.324 bits per heavy atom. The Labute approximate surface area is 461 Å². The van der Waals surface area contributed by atoms with Gasteiger partial charge in [0.2, 0.25) is 0 Å². The van der Waals surface area contributed by atoms with Crippen LogP contribution < -0.4 is 45.6 Å². The minimum absolute atomic E-state index is 0. The van der Waals surface area contributed by atoms with E-state index in [9.17, 15) is 0 Å². The Bertz CT molecular complexity index is 2440. The van der Waals surface area contributed by atoms with Crippen LogP contribution in [-0.4, -0.2) is 19.0 Å². The van der Waals surface area contributed by atoms with Gasteiger partial charge in [-0.15, -0.1) is 70.7 Å². The summed E-state index contributed by atoms with van der Waals surface area (Å²) in [7, 11) is 1.55. The second-order valence-electron chi connectivity index (χ2n) is 15.5. The van der Waals surface area contributed by atoms with Crippen molar-refractivity contribution in [3.63, 3.8) is 0 Å². The monoisotopic (exact) mass is 1290 g/mol. The number of fused-ring (bicyclic) bond motifs is 2.